The maximum absolute atomic E-state index is 11.8. The summed E-state index contributed by atoms with van der Waals surface area (Å²) in [5.74, 6) is -0.154. The third kappa shape index (κ3) is 1.62. The first-order valence-electron chi connectivity index (χ1n) is 5.08. The smallest absolute Gasteiger partial charge is 0.259 e. The minimum atomic E-state index is -0.222. The Morgan fingerprint density at radius 1 is 1.38 bits per heavy atom. The number of rotatable bonds is 0. The number of carbonyl (C=O) groups excluding carboxylic acids is 1. The molecule has 2 rings (SSSR count). The molecule has 4 heteroatoms. The number of Topliss-reactive ketones (excluding diaryl/α,β-unsaturated/α-hetero) is 1. The molecule has 1 aromatic rings. The van der Waals surface area contributed by atoms with Crippen molar-refractivity contribution >= 4 is 11.6 Å². The molecule has 1 unspecified atom stereocenters. The third-order valence-electron chi connectivity index (χ3n) is 2.57. The average Bonchev–Trinajstić information content (AvgIpc) is 2.27. The predicted molar refractivity (Wildman–Crippen MR) is 61.6 cm³/mol. The van der Waals surface area contributed by atoms with Gasteiger partial charge in [0.15, 0.2) is 5.84 Å². The summed E-state index contributed by atoms with van der Waals surface area (Å²) in [6, 6.07) is 3.45. The Morgan fingerprint density at radius 3 is 2.88 bits per heavy atom. The highest BCUT2D eigenvalue weighted by atomic mass is 16.1. The van der Waals surface area contributed by atoms with E-state index >= 15 is 0 Å². The summed E-state index contributed by atoms with van der Waals surface area (Å²) in [7, 11) is 0. The summed E-state index contributed by atoms with van der Waals surface area (Å²) in [5.41, 5.74) is 0.400. The average molecular weight is 216 g/mol. The molecule has 1 aliphatic rings. The number of hydrogen-bond donors (Lipinski definition) is 0. The molecular weight excluding hydrogens is 204 g/mol. The Kier molecular flexibility index (Phi) is 2.56. The van der Waals surface area contributed by atoms with Crippen LogP contribution in [0.3, 0.4) is 0 Å². The van der Waals surface area contributed by atoms with E-state index in [1.165, 1.54) is 4.57 Å². The van der Waals surface area contributed by atoms with Crippen molar-refractivity contribution in [3.8, 4) is 0 Å². The summed E-state index contributed by atoms with van der Waals surface area (Å²) in [5, 5.41) is 0. The molecule has 0 saturated carbocycles. The highest BCUT2D eigenvalue weighted by Crippen LogP contribution is 2.08. The fourth-order valence-electron chi connectivity index (χ4n) is 1.55. The number of aryl methyl sites for hydroxylation is 1. The molecule has 16 heavy (non-hydrogen) atoms. The molecule has 1 aliphatic heterocycles. The van der Waals surface area contributed by atoms with Gasteiger partial charge >= 0.3 is 0 Å². The Bertz CT molecular complexity index is 552. The van der Waals surface area contributed by atoms with Crippen LogP contribution in [0.1, 0.15) is 12.5 Å². The zero-order valence-electron chi connectivity index (χ0n) is 9.18. The van der Waals surface area contributed by atoms with Crippen LogP contribution in [0.4, 0.5) is 0 Å². The Labute approximate surface area is 92.9 Å². The normalized spacial score (nSPS) is 19.8. The van der Waals surface area contributed by atoms with Crippen molar-refractivity contribution in [3.63, 3.8) is 0 Å². The molecule has 1 aromatic heterocycles. The molecule has 0 saturated heterocycles. The van der Waals surface area contributed by atoms with Gasteiger partial charge < -0.3 is 0 Å². The van der Waals surface area contributed by atoms with Crippen LogP contribution in [0.25, 0.3) is 0 Å². The van der Waals surface area contributed by atoms with Gasteiger partial charge in [-0.3, -0.25) is 14.2 Å². The van der Waals surface area contributed by atoms with Crippen LogP contribution < -0.4 is 5.56 Å². The van der Waals surface area contributed by atoms with Gasteiger partial charge in [-0.15, -0.1) is 0 Å². The second-order valence-corrected chi connectivity index (χ2v) is 3.81. The summed E-state index contributed by atoms with van der Waals surface area (Å²) < 4.78 is 1.30. The Balaban J connectivity index is 2.58. The molecule has 0 amide bonds. The van der Waals surface area contributed by atoms with Crippen LogP contribution >= 0.6 is 0 Å². The van der Waals surface area contributed by atoms with Gasteiger partial charge in [-0.25, -0.2) is 4.99 Å². The number of carbonyl (C=O) groups is 1. The molecular formula is C12H12N2O2. The minimum Gasteiger partial charge on any atom is -0.290 e. The van der Waals surface area contributed by atoms with E-state index in [1.54, 1.807) is 44.5 Å². The van der Waals surface area contributed by atoms with Gasteiger partial charge in [-0.05, 0) is 13.0 Å². The predicted octanol–water partition coefficient (Wildman–Crippen LogP) is 1.14. The lowest BCUT2D eigenvalue weighted by atomic mass is 10.0. The molecule has 0 aromatic carbocycles. The van der Waals surface area contributed by atoms with Crippen molar-refractivity contribution in [2.75, 3.05) is 0 Å². The minimum absolute atomic E-state index is 0.129. The summed E-state index contributed by atoms with van der Waals surface area (Å²) >= 11 is 0. The third-order valence-corrected chi connectivity index (χ3v) is 2.57. The van der Waals surface area contributed by atoms with E-state index in [0.29, 0.717) is 5.56 Å². The molecule has 2 heterocycles. The molecule has 82 valence electrons. The maximum atomic E-state index is 11.8. The zero-order valence-corrected chi connectivity index (χ0v) is 9.18. The monoisotopic (exact) mass is 216 g/mol. The number of aliphatic imine (C=N–C) groups is 1. The largest absolute Gasteiger partial charge is 0.290 e. The summed E-state index contributed by atoms with van der Waals surface area (Å²) in [6.07, 6.45) is 4.85. The van der Waals surface area contributed by atoms with Crippen LogP contribution in [0.2, 0.25) is 0 Å². The van der Waals surface area contributed by atoms with E-state index in [4.69, 9.17) is 0 Å². The number of aromatic nitrogens is 1. The van der Waals surface area contributed by atoms with Crippen molar-refractivity contribution < 1.29 is 4.79 Å². The zero-order chi connectivity index (χ0) is 11.7. The van der Waals surface area contributed by atoms with E-state index in [0.717, 1.165) is 0 Å². The fraction of sp³-hybridized carbons (Fsp3) is 0.250. The quantitative estimate of drug-likeness (QED) is 0.653. The first-order chi connectivity index (χ1) is 7.61. The summed E-state index contributed by atoms with van der Waals surface area (Å²) in [6.45, 7) is 3.50. The van der Waals surface area contributed by atoms with Gasteiger partial charge in [-0.2, -0.15) is 0 Å². The Hall–Kier alpha value is -1.97. The number of nitrogens with zero attached hydrogens (tertiary/aromatic N) is 2. The van der Waals surface area contributed by atoms with Gasteiger partial charge in [0.1, 0.15) is 0 Å². The Morgan fingerprint density at radius 2 is 2.12 bits per heavy atom. The van der Waals surface area contributed by atoms with Gasteiger partial charge in [0.05, 0.1) is 0 Å². The molecule has 0 bridgehead atoms. The lowest BCUT2D eigenvalue weighted by molar-refractivity contribution is -0.115. The van der Waals surface area contributed by atoms with Crippen LogP contribution in [0.5, 0.6) is 0 Å². The first kappa shape index (κ1) is 10.5. The second-order valence-electron chi connectivity index (χ2n) is 3.81. The molecule has 0 spiro atoms. The second kappa shape index (κ2) is 3.89. The SMILES string of the molecule is Cc1cccn(C2=NC=CC(C)C2=O)c1=O. The fourth-order valence-corrected chi connectivity index (χ4v) is 1.55. The van der Waals surface area contributed by atoms with Gasteiger partial charge in [-0.1, -0.05) is 19.1 Å². The molecule has 0 radical (unpaired) electrons. The highest BCUT2D eigenvalue weighted by molar-refractivity contribution is 6.41. The van der Waals surface area contributed by atoms with Crippen molar-refractivity contribution in [1.29, 1.82) is 0 Å². The number of ketones is 1. The number of pyridine rings is 1. The number of hydrogen-bond acceptors (Lipinski definition) is 3. The molecule has 0 aliphatic carbocycles. The van der Waals surface area contributed by atoms with E-state index in [-0.39, 0.29) is 23.1 Å². The van der Waals surface area contributed by atoms with Crippen molar-refractivity contribution in [2.24, 2.45) is 10.9 Å². The molecule has 0 fully saturated rings. The standard InChI is InChI=1S/C12H12N2O2/c1-8-5-6-13-11(10(8)15)14-7-3-4-9(2)12(14)16/h3-8H,1-2H3. The topological polar surface area (TPSA) is 51.4 Å². The van der Waals surface area contributed by atoms with E-state index in [1.807, 2.05) is 0 Å². The molecule has 4 nitrogen and oxygen atoms in total. The van der Waals surface area contributed by atoms with Crippen molar-refractivity contribution in [2.45, 2.75) is 13.8 Å². The lowest BCUT2D eigenvalue weighted by Gasteiger charge is -2.13. The maximum Gasteiger partial charge on any atom is 0.259 e. The van der Waals surface area contributed by atoms with Crippen LogP contribution in [0.15, 0.2) is 40.4 Å². The summed E-state index contributed by atoms with van der Waals surface area (Å²) in [4.78, 5) is 27.7. The molecule has 0 N–H and O–H groups in total. The lowest BCUT2D eigenvalue weighted by Crippen LogP contribution is -2.36. The van der Waals surface area contributed by atoms with Crippen LogP contribution in [-0.4, -0.2) is 16.2 Å². The molecule has 1 atom stereocenters. The van der Waals surface area contributed by atoms with Crippen LogP contribution in [-0.2, 0) is 4.79 Å². The van der Waals surface area contributed by atoms with E-state index in [2.05, 4.69) is 4.99 Å². The van der Waals surface area contributed by atoms with Gasteiger partial charge in [0, 0.05) is 23.9 Å². The van der Waals surface area contributed by atoms with Gasteiger partial charge in [0.2, 0.25) is 5.78 Å². The van der Waals surface area contributed by atoms with Gasteiger partial charge in [0.25, 0.3) is 5.56 Å². The first-order valence-corrected chi connectivity index (χ1v) is 5.08. The van der Waals surface area contributed by atoms with E-state index < -0.39 is 0 Å². The van der Waals surface area contributed by atoms with Crippen molar-refractivity contribution in [1.82, 2.24) is 4.57 Å². The van der Waals surface area contributed by atoms with E-state index in [9.17, 15) is 9.59 Å². The number of allylic oxidation sites excluding steroid dienone is 1. The van der Waals surface area contributed by atoms with Crippen LogP contribution in [0, 0.1) is 12.8 Å². The highest BCUT2D eigenvalue weighted by Gasteiger charge is 2.22. The van der Waals surface area contributed by atoms with Crippen molar-refractivity contribution in [3.05, 3.63) is 46.5 Å².